The Morgan fingerprint density at radius 3 is 2.93 bits per heavy atom. The molecular formula is C24H26N2O2. The molecule has 144 valence electrons. The van der Waals surface area contributed by atoms with Gasteiger partial charge in [0.15, 0.2) is 11.5 Å². The maximum atomic E-state index is 6.32. The Balaban J connectivity index is 1.26. The van der Waals surface area contributed by atoms with Gasteiger partial charge in [-0.05, 0) is 42.5 Å². The number of aromatic amines is 1. The Morgan fingerprint density at radius 1 is 1.14 bits per heavy atom. The Bertz CT molecular complexity index is 1010. The summed E-state index contributed by atoms with van der Waals surface area (Å²) in [7, 11) is 1.71. The lowest BCUT2D eigenvalue weighted by Gasteiger charge is -2.33. The summed E-state index contributed by atoms with van der Waals surface area (Å²) in [6, 6.07) is 14.7. The summed E-state index contributed by atoms with van der Waals surface area (Å²) in [5.74, 6) is 1.79. The van der Waals surface area contributed by atoms with Gasteiger partial charge in [-0.1, -0.05) is 36.4 Å². The molecule has 2 aliphatic rings. The number of hydrogen-bond donors (Lipinski definition) is 1. The molecule has 2 aliphatic heterocycles. The highest BCUT2D eigenvalue weighted by Crippen LogP contribution is 2.37. The van der Waals surface area contributed by atoms with E-state index in [-0.39, 0.29) is 6.10 Å². The molecule has 0 spiro atoms. The van der Waals surface area contributed by atoms with E-state index in [4.69, 9.17) is 9.47 Å². The van der Waals surface area contributed by atoms with Crippen molar-refractivity contribution in [1.29, 1.82) is 0 Å². The lowest BCUT2D eigenvalue weighted by molar-refractivity contribution is 0.116. The molecule has 1 atom stereocenters. The van der Waals surface area contributed by atoms with Gasteiger partial charge in [0.1, 0.15) is 6.10 Å². The van der Waals surface area contributed by atoms with Crippen LogP contribution in [0.2, 0.25) is 0 Å². The summed E-state index contributed by atoms with van der Waals surface area (Å²) in [5, 5.41) is 1.32. The summed E-state index contributed by atoms with van der Waals surface area (Å²) in [6.07, 6.45) is 7.97. The topological polar surface area (TPSA) is 37.5 Å². The third-order valence-corrected chi connectivity index (χ3v) is 5.99. The molecule has 2 aromatic carbocycles. The van der Waals surface area contributed by atoms with E-state index < -0.39 is 0 Å². The van der Waals surface area contributed by atoms with Crippen LogP contribution in [0.1, 0.15) is 24.0 Å². The maximum Gasteiger partial charge on any atom is 0.164 e. The summed E-state index contributed by atoms with van der Waals surface area (Å²) >= 11 is 0. The second-order valence-electron chi connectivity index (χ2n) is 7.71. The monoisotopic (exact) mass is 374 g/mol. The summed E-state index contributed by atoms with van der Waals surface area (Å²) in [5.41, 5.74) is 5.27. The molecule has 1 N–H and O–H groups in total. The van der Waals surface area contributed by atoms with Gasteiger partial charge >= 0.3 is 0 Å². The Morgan fingerprint density at radius 2 is 2.07 bits per heavy atom. The smallest absolute Gasteiger partial charge is 0.164 e. The molecule has 0 aliphatic carbocycles. The van der Waals surface area contributed by atoms with E-state index in [0.29, 0.717) is 0 Å². The molecule has 0 radical (unpaired) electrons. The molecule has 1 aromatic heterocycles. The van der Waals surface area contributed by atoms with Crippen LogP contribution in [0, 0.1) is 0 Å². The van der Waals surface area contributed by atoms with Crippen LogP contribution < -0.4 is 9.47 Å². The van der Waals surface area contributed by atoms with E-state index in [2.05, 4.69) is 52.5 Å². The lowest BCUT2D eigenvalue weighted by atomic mass is 9.98. The normalized spacial score (nSPS) is 19.8. The van der Waals surface area contributed by atoms with Crippen molar-refractivity contribution >= 4 is 16.5 Å². The Labute approximate surface area is 165 Å². The quantitative estimate of drug-likeness (QED) is 0.722. The number of nitrogens with one attached hydrogen (secondary N) is 1. The molecule has 4 heteroatoms. The van der Waals surface area contributed by atoms with Crippen molar-refractivity contribution in [2.45, 2.75) is 25.4 Å². The number of H-pyrrole nitrogens is 1. The van der Waals surface area contributed by atoms with E-state index in [1.54, 1.807) is 7.11 Å². The first-order chi connectivity index (χ1) is 13.8. The van der Waals surface area contributed by atoms with Crippen molar-refractivity contribution < 1.29 is 9.47 Å². The van der Waals surface area contributed by atoms with Gasteiger partial charge in [0.2, 0.25) is 0 Å². The summed E-state index contributed by atoms with van der Waals surface area (Å²) in [4.78, 5) is 5.90. The minimum Gasteiger partial charge on any atom is -0.493 e. The zero-order chi connectivity index (χ0) is 18.9. The standard InChI is InChI=1S/C24H26N2O2/c1-27-23-8-4-5-18-9-10-19(28-24(18)23)16-26-13-11-17(12-14-26)21-15-25-22-7-3-2-6-20(21)22/h2-8,11,15,19,25H,9-10,12-14,16H2,1H3. The minimum absolute atomic E-state index is 0.229. The predicted molar refractivity (Wildman–Crippen MR) is 113 cm³/mol. The molecular weight excluding hydrogens is 348 g/mol. The van der Waals surface area contributed by atoms with Crippen molar-refractivity contribution in [3.63, 3.8) is 0 Å². The number of ether oxygens (including phenoxy) is 2. The van der Waals surface area contributed by atoms with Gasteiger partial charge in [-0.3, -0.25) is 4.90 Å². The highest BCUT2D eigenvalue weighted by molar-refractivity contribution is 5.92. The summed E-state index contributed by atoms with van der Waals surface area (Å²) < 4.78 is 11.8. The number of aromatic nitrogens is 1. The van der Waals surface area contributed by atoms with Crippen molar-refractivity contribution in [1.82, 2.24) is 9.88 Å². The molecule has 0 fully saturated rings. The van der Waals surface area contributed by atoms with Crippen LogP contribution in [-0.4, -0.2) is 42.7 Å². The zero-order valence-electron chi connectivity index (χ0n) is 16.3. The first-order valence-corrected chi connectivity index (χ1v) is 10.1. The molecule has 0 saturated carbocycles. The number of rotatable bonds is 4. The van der Waals surface area contributed by atoms with Crippen LogP contribution in [0.3, 0.4) is 0 Å². The van der Waals surface area contributed by atoms with Gasteiger partial charge in [0.25, 0.3) is 0 Å². The molecule has 0 amide bonds. The molecule has 5 rings (SSSR count). The predicted octanol–water partition coefficient (Wildman–Crippen LogP) is 4.66. The Hall–Kier alpha value is -2.72. The number of methoxy groups -OCH3 is 1. The van der Waals surface area contributed by atoms with Crippen LogP contribution in [0.25, 0.3) is 16.5 Å². The van der Waals surface area contributed by atoms with Gasteiger partial charge in [0, 0.05) is 42.3 Å². The van der Waals surface area contributed by atoms with E-state index in [0.717, 1.165) is 50.4 Å². The van der Waals surface area contributed by atoms with E-state index in [9.17, 15) is 0 Å². The van der Waals surface area contributed by atoms with Gasteiger partial charge in [-0.2, -0.15) is 0 Å². The highest BCUT2D eigenvalue weighted by atomic mass is 16.5. The fourth-order valence-corrected chi connectivity index (χ4v) is 4.47. The number of benzene rings is 2. The molecule has 3 aromatic rings. The summed E-state index contributed by atoms with van der Waals surface area (Å²) in [6.45, 7) is 3.02. The number of aryl methyl sites for hydroxylation is 1. The van der Waals surface area contributed by atoms with Crippen LogP contribution in [-0.2, 0) is 6.42 Å². The maximum absolute atomic E-state index is 6.32. The number of hydrogen-bond acceptors (Lipinski definition) is 3. The van der Waals surface area contributed by atoms with Gasteiger partial charge in [-0.15, -0.1) is 0 Å². The average Bonchev–Trinajstić information content (AvgIpc) is 3.18. The highest BCUT2D eigenvalue weighted by Gasteiger charge is 2.25. The number of fused-ring (bicyclic) bond motifs is 2. The fourth-order valence-electron chi connectivity index (χ4n) is 4.47. The zero-order valence-corrected chi connectivity index (χ0v) is 16.3. The molecule has 1 unspecified atom stereocenters. The number of nitrogens with zero attached hydrogens (tertiary/aromatic N) is 1. The van der Waals surface area contributed by atoms with Crippen LogP contribution >= 0.6 is 0 Å². The first-order valence-electron chi connectivity index (χ1n) is 10.1. The second-order valence-corrected chi connectivity index (χ2v) is 7.71. The van der Waals surface area contributed by atoms with Gasteiger partial charge < -0.3 is 14.5 Å². The third kappa shape index (κ3) is 3.18. The lowest BCUT2D eigenvalue weighted by Crippen LogP contribution is -2.39. The Kier molecular flexibility index (Phi) is 4.57. The molecule has 4 nitrogen and oxygen atoms in total. The second kappa shape index (κ2) is 7.36. The third-order valence-electron chi connectivity index (χ3n) is 5.99. The molecule has 0 bridgehead atoms. The van der Waals surface area contributed by atoms with Gasteiger partial charge in [0.05, 0.1) is 7.11 Å². The first kappa shape index (κ1) is 17.4. The van der Waals surface area contributed by atoms with Crippen molar-refractivity contribution in [2.75, 3.05) is 26.7 Å². The SMILES string of the molecule is COc1cccc2c1OC(CN1CC=C(c3c[nH]c4ccccc34)CC1)CC2. The van der Waals surface area contributed by atoms with Crippen molar-refractivity contribution in [2.24, 2.45) is 0 Å². The van der Waals surface area contributed by atoms with Crippen molar-refractivity contribution in [3.8, 4) is 11.5 Å². The fraction of sp³-hybridized carbons (Fsp3) is 0.333. The van der Waals surface area contributed by atoms with Crippen molar-refractivity contribution in [3.05, 3.63) is 65.9 Å². The number of para-hydroxylation sites is 2. The van der Waals surface area contributed by atoms with Crippen LogP contribution in [0.15, 0.2) is 54.7 Å². The van der Waals surface area contributed by atoms with Gasteiger partial charge in [-0.25, -0.2) is 0 Å². The van der Waals surface area contributed by atoms with E-state index in [1.165, 1.54) is 27.6 Å². The average molecular weight is 374 g/mol. The van der Waals surface area contributed by atoms with Crippen LogP contribution in [0.4, 0.5) is 0 Å². The largest absolute Gasteiger partial charge is 0.493 e. The molecule has 3 heterocycles. The van der Waals surface area contributed by atoms with Crippen LogP contribution in [0.5, 0.6) is 11.5 Å². The van der Waals surface area contributed by atoms with E-state index >= 15 is 0 Å². The minimum atomic E-state index is 0.229. The van der Waals surface area contributed by atoms with E-state index in [1.807, 2.05) is 12.1 Å². The molecule has 0 saturated heterocycles. The molecule has 28 heavy (non-hydrogen) atoms.